The predicted octanol–water partition coefficient (Wildman–Crippen LogP) is 2.88. The zero-order chi connectivity index (χ0) is 21.8. The minimum atomic E-state index is -0.698. The number of aliphatic hydroxyl groups excluding tert-OH is 1. The van der Waals surface area contributed by atoms with Crippen molar-refractivity contribution in [2.75, 3.05) is 39.4 Å². The summed E-state index contributed by atoms with van der Waals surface area (Å²) in [6, 6.07) is 9.57. The number of hydrogen-bond acceptors (Lipinski definition) is 6. The van der Waals surface area contributed by atoms with Gasteiger partial charge in [0, 0.05) is 49.2 Å². The standard InChI is InChI=1S/C23H24ClN3O4/c24-18-4-1-3-17(15-18)20-19(21(28)16-5-7-25-8-6-16)22(29)23(30)27(20)10-2-9-26-11-13-31-14-12-26/h1,3-8,15,20,28H,2,9-14H2/b21-19+/t20-/m0/s1. The van der Waals surface area contributed by atoms with Crippen molar-refractivity contribution < 1.29 is 19.4 Å². The highest BCUT2D eigenvalue weighted by molar-refractivity contribution is 6.46. The van der Waals surface area contributed by atoms with Gasteiger partial charge in [-0.15, -0.1) is 0 Å². The van der Waals surface area contributed by atoms with Gasteiger partial charge in [0.05, 0.1) is 24.8 Å². The molecule has 1 aromatic carbocycles. The summed E-state index contributed by atoms with van der Waals surface area (Å²) < 4.78 is 5.38. The summed E-state index contributed by atoms with van der Waals surface area (Å²) in [6.07, 6.45) is 3.77. The number of carbonyl (C=O) groups is 2. The summed E-state index contributed by atoms with van der Waals surface area (Å²) in [7, 11) is 0. The monoisotopic (exact) mass is 441 g/mol. The molecule has 2 saturated heterocycles. The number of Topliss-reactive ketones (excluding diaryl/α,β-unsaturated/α-hetero) is 1. The Hall–Kier alpha value is -2.74. The van der Waals surface area contributed by atoms with Crippen molar-refractivity contribution in [1.29, 1.82) is 0 Å². The Labute approximate surface area is 185 Å². The van der Waals surface area contributed by atoms with E-state index in [-0.39, 0.29) is 11.3 Å². The van der Waals surface area contributed by atoms with E-state index in [1.807, 2.05) is 6.07 Å². The molecule has 4 rings (SSSR count). The number of benzene rings is 1. The Bertz CT molecular complexity index is 989. The van der Waals surface area contributed by atoms with Gasteiger partial charge < -0.3 is 14.7 Å². The molecule has 1 atom stereocenters. The SMILES string of the molecule is O=C1C(=O)N(CCCN2CCOCC2)[C@@H](c2cccc(Cl)c2)/C1=C(\O)c1ccncc1. The fourth-order valence-electron chi connectivity index (χ4n) is 4.09. The molecular weight excluding hydrogens is 418 g/mol. The van der Waals surface area contributed by atoms with Crippen LogP contribution < -0.4 is 0 Å². The van der Waals surface area contributed by atoms with Gasteiger partial charge in [-0.25, -0.2) is 0 Å². The maximum Gasteiger partial charge on any atom is 0.295 e. The molecule has 0 bridgehead atoms. The second kappa shape index (κ2) is 9.60. The number of carbonyl (C=O) groups excluding carboxylic acids is 2. The van der Waals surface area contributed by atoms with Crippen LogP contribution in [0.5, 0.6) is 0 Å². The number of pyridine rings is 1. The van der Waals surface area contributed by atoms with Crippen LogP contribution in [0.25, 0.3) is 5.76 Å². The third-order valence-electron chi connectivity index (χ3n) is 5.64. The van der Waals surface area contributed by atoms with E-state index in [4.69, 9.17) is 16.3 Å². The lowest BCUT2D eigenvalue weighted by atomic mass is 9.95. The highest BCUT2D eigenvalue weighted by Gasteiger charge is 2.45. The van der Waals surface area contributed by atoms with Crippen molar-refractivity contribution in [3.8, 4) is 0 Å². The molecule has 1 amide bonds. The summed E-state index contributed by atoms with van der Waals surface area (Å²) >= 11 is 6.20. The first kappa shape index (κ1) is 21.5. The van der Waals surface area contributed by atoms with Crippen molar-refractivity contribution in [2.24, 2.45) is 0 Å². The van der Waals surface area contributed by atoms with Crippen molar-refractivity contribution in [1.82, 2.24) is 14.8 Å². The molecule has 0 saturated carbocycles. The van der Waals surface area contributed by atoms with E-state index in [1.54, 1.807) is 35.2 Å². The first-order valence-corrected chi connectivity index (χ1v) is 10.7. The van der Waals surface area contributed by atoms with Crippen LogP contribution in [0.2, 0.25) is 5.02 Å². The normalized spacial score (nSPS) is 21.6. The molecule has 3 heterocycles. The lowest BCUT2D eigenvalue weighted by Gasteiger charge is -2.29. The Kier molecular flexibility index (Phi) is 6.65. The number of ether oxygens (including phenoxy) is 1. The van der Waals surface area contributed by atoms with Gasteiger partial charge in [0.15, 0.2) is 0 Å². The van der Waals surface area contributed by atoms with E-state index in [2.05, 4.69) is 9.88 Å². The van der Waals surface area contributed by atoms with Crippen LogP contribution in [0.3, 0.4) is 0 Å². The smallest absolute Gasteiger partial charge is 0.295 e. The van der Waals surface area contributed by atoms with Crippen LogP contribution in [-0.4, -0.2) is 71.0 Å². The molecule has 1 aromatic heterocycles. The van der Waals surface area contributed by atoms with Gasteiger partial charge in [0.1, 0.15) is 5.76 Å². The molecule has 0 radical (unpaired) electrons. The number of rotatable bonds is 6. The largest absolute Gasteiger partial charge is 0.507 e. The third-order valence-corrected chi connectivity index (χ3v) is 5.87. The minimum absolute atomic E-state index is 0.0739. The van der Waals surface area contributed by atoms with E-state index in [9.17, 15) is 14.7 Å². The van der Waals surface area contributed by atoms with Gasteiger partial charge in [-0.3, -0.25) is 19.5 Å². The van der Waals surface area contributed by atoms with E-state index in [0.29, 0.717) is 42.3 Å². The number of likely N-dealkylation sites (tertiary alicyclic amines) is 1. The van der Waals surface area contributed by atoms with Gasteiger partial charge in [-0.05, 0) is 36.2 Å². The fraction of sp³-hybridized carbons (Fsp3) is 0.348. The molecule has 1 N–H and O–H groups in total. The van der Waals surface area contributed by atoms with E-state index in [0.717, 1.165) is 19.6 Å². The lowest BCUT2D eigenvalue weighted by molar-refractivity contribution is -0.140. The molecule has 8 heteroatoms. The summed E-state index contributed by atoms with van der Waals surface area (Å²) in [5, 5.41) is 11.5. The average Bonchev–Trinajstić information content (AvgIpc) is 3.05. The average molecular weight is 442 g/mol. The third kappa shape index (κ3) is 4.63. The summed E-state index contributed by atoms with van der Waals surface area (Å²) in [6.45, 7) is 4.33. The van der Waals surface area contributed by atoms with E-state index < -0.39 is 17.7 Å². The van der Waals surface area contributed by atoms with Crippen molar-refractivity contribution in [2.45, 2.75) is 12.5 Å². The van der Waals surface area contributed by atoms with Crippen LogP contribution in [0.1, 0.15) is 23.6 Å². The number of halogens is 1. The Morgan fingerprint density at radius 1 is 1.13 bits per heavy atom. The molecule has 0 aliphatic carbocycles. The van der Waals surface area contributed by atoms with Crippen LogP contribution >= 0.6 is 11.6 Å². The Balaban J connectivity index is 1.66. The summed E-state index contributed by atoms with van der Waals surface area (Å²) in [5.41, 5.74) is 1.20. The van der Waals surface area contributed by atoms with Gasteiger partial charge in [-0.2, -0.15) is 0 Å². The van der Waals surface area contributed by atoms with Crippen LogP contribution in [-0.2, 0) is 14.3 Å². The van der Waals surface area contributed by atoms with Gasteiger partial charge >= 0.3 is 0 Å². The van der Waals surface area contributed by atoms with E-state index in [1.165, 1.54) is 12.4 Å². The first-order chi connectivity index (χ1) is 15.1. The van der Waals surface area contributed by atoms with Crippen LogP contribution in [0.15, 0.2) is 54.4 Å². The molecule has 2 aromatic rings. The fourth-order valence-corrected chi connectivity index (χ4v) is 4.29. The van der Waals surface area contributed by atoms with Crippen molar-refractivity contribution in [3.05, 3.63) is 70.5 Å². The molecule has 2 aliphatic heterocycles. The number of ketones is 1. The Morgan fingerprint density at radius 3 is 2.58 bits per heavy atom. The zero-order valence-electron chi connectivity index (χ0n) is 17.0. The molecule has 162 valence electrons. The van der Waals surface area contributed by atoms with Gasteiger partial charge in [0.25, 0.3) is 11.7 Å². The number of hydrogen-bond donors (Lipinski definition) is 1. The number of aromatic nitrogens is 1. The molecule has 2 aliphatic rings. The number of morpholine rings is 1. The predicted molar refractivity (Wildman–Crippen MR) is 117 cm³/mol. The Morgan fingerprint density at radius 2 is 1.87 bits per heavy atom. The van der Waals surface area contributed by atoms with Crippen LogP contribution in [0, 0.1) is 0 Å². The molecule has 0 spiro atoms. The maximum atomic E-state index is 13.0. The van der Waals surface area contributed by atoms with E-state index >= 15 is 0 Å². The molecule has 7 nitrogen and oxygen atoms in total. The van der Waals surface area contributed by atoms with Gasteiger partial charge in [-0.1, -0.05) is 23.7 Å². The topological polar surface area (TPSA) is 83.0 Å². The molecule has 0 unspecified atom stereocenters. The minimum Gasteiger partial charge on any atom is -0.507 e. The quantitative estimate of drug-likeness (QED) is 0.421. The van der Waals surface area contributed by atoms with Gasteiger partial charge in [0.2, 0.25) is 0 Å². The first-order valence-electron chi connectivity index (χ1n) is 10.3. The number of amides is 1. The highest BCUT2D eigenvalue weighted by atomic mass is 35.5. The van der Waals surface area contributed by atoms with Crippen LogP contribution in [0.4, 0.5) is 0 Å². The molecule has 2 fully saturated rings. The summed E-state index contributed by atoms with van der Waals surface area (Å²) in [5.74, 6) is -1.50. The number of nitrogens with zero attached hydrogens (tertiary/aromatic N) is 3. The molecule has 31 heavy (non-hydrogen) atoms. The second-order valence-electron chi connectivity index (χ2n) is 7.59. The van der Waals surface area contributed by atoms with Crippen molar-refractivity contribution >= 4 is 29.1 Å². The number of aliphatic hydroxyl groups is 1. The zero-order valence-corrected chi connectivity index (χ0v) is 17.8. The molecular formula is C23H24ClN3O4. The summed E-state index contributed by atoms with van der Waals surface area (Å²) in [4.78, 5) is 33.7. The maximum absolute atomic E-state index is 13.0. The lowest BCUT2D eigenvalue weighted by Crippen LogP contribution is -2.38. The highest BCUT2D eigenvalue weighted by Crippen LogP contribution is 2.39. The van der Waals surface area contributed by atoms with Crippen molar-refractivity contribution in [3.63, 3.8) is 0 Å². The second-order valence-corrected chi connectivity index (χ2v) is 8.03.